The molecule has 17 heavy (non-hydrogen) atoms. The van der Waals surface area contributed by atoms with Crippen LogP contribution in [0.5, 0.6) is 5.75 Å². The fourth-order valence-electron chi connectivity index (χ4n) is 1.69. The SMILES string of the molecule is CO[P+](=O)OOc1ccc(Br)c2c1C(=O)CC2. The Kier molecular flexibility index (Phi) is 3.89. The Morgan fingerprint density at radius 2 is 2.12 bits per heavy atom. The first-order valence-electron chi connectivity index (χ1n) is 4.84. The molecular formula is C10H9BrO5P+. The lowest BCUT2D eigenvalue weighted by Gasteiger charge is -2.04. The standard InChI is InChI=1S/C10H9BrO5P/c1-14-17(13)16-15-9-5-3-7(11)6-2-4-8(12)10(6)9/h3,5H,2,4H2,1H3/q+1. The Hall–Kier alpha value is -0.810. The van der Waals surface area contributed by atoms with Gasteiger partial charge in [-0.2, -0.15) is 0 Å². The van der Waals surface area contributed by atoms with Crippen molar-refractivity contribution in [3.63, 3.8) is 0 Å². The molecule has 0 saturated carbocycles. The van der Waals surface area contributed by atoms with Crippen LogP contribution in [0.15, 0.2) is 16.6 Å². The molecule has 1 aromatic carbocycles. The summed E-state index contributed by atoms with van der Waals surface area (Å²) in [6, 6.07) is 3.35. The molecule has 0 amide bonds. The minimum Gasteiger partial charge on any atom is -0.294 e. The molecule has 0 saturated heterocycles. The Labute approximate surface area is 107 Å². The molecule has 0 spiro atoms. The van der Waals surface area contributed by atoms with Gasteiger partial charge in [-0.05, 0) is 24.1 Å². The second-order valence-electron chi connectivity index (χ2n) is 3.39. The molecular weight excluding hydrogens is 311 g/mol. The van der Waals surface area contributed by atoms with E-state index >= 15 is 0 Å². The van der Waals surface area contributed by atoms with E-state index in [2.05, 4.69) is 25.1 Å². The van der Waals surface area contributed by atoms with E-state index in [9.17, 15) is 9.36 Å². The molecule has 90 valence electrons. The van der Waals surface area contributed by atoms with Crippen LogP contribution in [0.2, 0.25) is 0 Å². The zero-order chi connectivity index (χ0) is 12.4. The highest BCUT2D eigenvalue weighted by Gasteiger charge is 2.29. The van der Waals surface area contributed by atoms with Gasteiger partial charge in [0.05, 0.1) is 12.7 Å². The van der Waals surface area contributed by atoms with Crippen molar-refractivity contribution in [2.24, 2.45) is 0 Å². The lowest BCUT2D eigenvalue weighted by Crippen LogP contribution is -1.99. The van der Waals surface area contributed by atoms with Gasteiger partial charge in [0.15, 0.2) is 11.5 Å². The maximum Gasteiger partial charge on any atom is 0.738 e. The van der Waals surface area contributed by atoms with E-state index in [1.165, 1.54) is 7.11 Å². The monoisotopic (exact) mass is 319 g/mol. The van der Waals surface area contributed by atoms with Gasteiger partial charge >= 0.3 is 8.25 Å². The molecule has 7 heteroatoms. The van der Waals surface area contributed by atoms with E-state index in [0.29, 0.717) is 18.4 Å². The van der Waals surface area contributed by atoms with Crippen LogP contribution in [0, 0.1) is 0 Å². The summed E-state index contributed by atoms with van der Waals surface area (Å²) >= 11 is 3.37. The molecule has 1 unspecified atom stereocenters. The van der Waals surface area contributed by atoms with E-state index in [-0.39, 0.29) is 11.5 Å². The summed E-state index contributed by atoms with van der Waals surface area (Å²) in [7, 11) is -1.09. The second-order valence-corrected chi connectivity index (χ2v) is 5.20. The van der Waals surface area contributed by atoms with Gasteiger partial charge in [-0.3, -0.25) is 9.68 Å². The first kappa shape index (κ1) is 12.6. The van der Waals surface area contributed by atoms with Crippen LogP contribution in [0.3, 0.4) is 0 Å². The molecule has 0 heterocycles. The number of benzene rings is 1. The number of fused-ring (bicyclic) bond motifs is 1. The number of ketones is 1. The predicted octanol–water partition coefficient (Wildman–Crippen LogP) is 3.19. The van der Waals surface area contributed by atoms with Crippen molar-refractivity contribution in [2.45, 2.75) is 12.8 Å². The molecule has 1 aliphatic carbocycles. The van der Waals surface area contributed by atoms with Gasteiger partial charge in [-0.15, -0.1) is 4.52 Å². The number of carbonyl (C=O) groups is 1. The number of Topliss-reactive ketones (excluding diaryl/α,β-unsaturated/α-hetero) is 1. The first-order chi connectivity index (χ1) is 8.13. The Bertz CT molecular complexity index is 488. The summed E-state index contributed by atoms with van der Waals surface area (Å²) in [6.07, 6.45) is 1.12. The van der Waals surface area contributed by atoms with Gasteiger partial charge in [0.25, 0.3) is 0 Å². The quantitative estimate of drug-likeness (QED) is 0.484. The lowest BCUT2D eigenvalue weighted by atomic mass is 10.1. The van der Waals surface area contributed by atoms with E-state index in [1.54, 1.807) is 12.1 Å². The van der Waals surface area contributed by atoms with Gasteiger partial charge in [0, 0.05) is 15.5 Å². The molecule has 1 aliphatic rings. The third-order valence-electron chi connectivity index (χ3n) is 2.44. The summed E-state index contributed by atoms with van der Waals surface area (Å²) in [6.45, 7) is 0. The molecule has 0 fully saturated rings. The van der Waals surface area contributed by atoms with Gasteiger partial charge in [-0.25, -0.2) is 0 Å². The largest absolute Gasteiger partial charge is 0.738 e. The minimum absolute atomic E-state index is 0.00690. The van der Waals surface area contributed by atoms with Crippen LogP contribution in [0.4, 0.5) is 0 Å². The summed E-state index contributed by atoms with van der Waals surface area (Å²) < 4.78 is 20.7. The van der Waals surface area contributed by atoms with Crippen LogP contribution in [-0.2, 0) is 20.2 Å². The number of hydrogen-bond acceptors (Lipinski definition) is 5. The third kappa shape index (κ3) is 2.55. The maximum atomic E-state index is 11.7. The third-order valence-corrected chi connectivity index (χ3v) is 3.67. The number of halogens is 1. The van der Waals surface area contributed by atoms with E-state index < -0.39 is 8.25 Å². The van der Waals surface area contributed by atoms with Gasteiger partial charge in [0.2, 0.25) is 0 Å². The molecule has 0 bridgehead atoms. The van der Waals surface area contributed by atoms with Crippen molar-refractivity contribution < 1.29 is 23.4 Å². The van der Waals surface area contributed by atoms with E-state index in [0.717, 1.165) is 10.0 Å². The fourth-order valence-corrected chi connectivity index (χ4v) is 2.42. The normalized spacial score (nSPS) is 14.7. The summed E-state index contributed by atoms with van der Waals surface area (Å²) in [4.78, 5) is 16.6. The van der Waals surface area contributed by atoms with Gasteiger partial charge in [0.1, 0.15) is 4.67 Å². The second kappa shape index (κ2) is 5.23. The Morgan fingerprint density at radius 3 is 2.82 bits per heavy atom. The van der Waals surface area contributed by atoms with Crippen LogP contribution in [0.1, 0.15) is 22.3 Å². The van der Waals surface area contributed by atoms with Crippen molar-refractivity contribution >= 4 is 30.0 Å². The predicted molar refractivity (Wildman–Crippen MR) is 63.1 cm³/mol. The van der Waals surface area contributed by atoms with Crippen molar-refractivity contribution in [1.82, 2.24) is 0 Å². The topological polar surface area (TPSA) is 61.8 Å². The number of hydrogen-bond donors (Lipinski definition) is 0. The molecule has 5 nitrogen and oxygen atoms in total. The summed E-state index contributed by atoms with van der Waals surface area (Å²) in [5, 5.41) is 0. The fraction of sp³-hybridized carbons (Fsp3) is 0.300. The molecule has 1 atom stereocenters. The number of carbonyl (C=O) groups excluding carboxylic acids is 1. The first-order valence-corrected chi connectivity index (χ1v) is 6.73. The van der Waals surface area contributed by atoms with E-state index in [4.69, 9.17) is 4.89 Å². The average molecular weight is 320 g/mol. The minimum atomic E-state index is -2.33. The molecule has 0 aromatic heterocycles. The van der Waals surface area contributed by atoms with Crippen molar-refractivity contribution in [3.05, 3.63) is 27.7 Å². The van der Waals surface area contributed by atoms with Crippen molar-refractivity contribution in [1.29, 1.82) is 0 Å². The maximum absolute atomic E-state index is 11.7. The van der Waals surface area contributed by atoms with Gasteiger partial charge < -0.3 is 0 Å². The number of rotatable bonds is 4. The van der Waals surface area contributed by atoms with Crippen molar-refractivity contribution in [3.8, 4) is 5.75 Å². The Morgan fingerprint density at radius 1 is 1.35 bits per heavy atom. The smallest absolute Gasteiger partial charge is 0.294 e. The molecule has 0 aliphatic heterocycles. The average Bonchev–Trinajstić information content (AvgIpc) is 2.72. The lowest BCUT2D eigenvalue weighted by molar-refractivity contribution is -0.104. The summed E-state index contributed by atoms with van der Waals surface area (Å²) in [5.74, 6) is 0.263. The highest BCUT2D eigenvalue weighted by Crippen LogP contribution is 2.37. The highest BCUT2D eigenvalue weighted by molar-refractivity contribution is 9.10. The molecule has 2 rings (SSSR count). The molecule has 0 N–H and O–H groups in total. The van der Waals surface area contributed by atoms with Crippen LogP contribution in [-0.4, -0.2) is 12.9 Å². The van der Waals surface area contributed by atoms with Crippen LogP contribution < -0.4 is 4.89 Å². The molecule has 0 radical (unpaired) electrons. The van der Waals surface area contributed by atoms with Crippen LogP contribution >= 0.6 is 24.2 Å². The highest BCUT2D eigenvalue weighted by atomic mass is 79.9. The van der Waals surface area contributed by atoms with Crippen LogP contribution in [0.25, 0.3) is 0 Å². The zero-order valence-corrected chi connectivity index (χ0v) is 11.4. The van der Waals surface area contributed by atoms with Gasteiger partial charge in [-0.1, -0.05) is 15.9 Å². The summed E-state index contributed by atoms with van der Waals surface area (Å²) in [5.41, 5.74) is 1.38. The Balaban J connectivity index is 2.27. The van der Waals surface area contributed by atoms with E-state index in [1.807, 2.05) is 0 Å². The molecule has 1 aromatic rings. The zero-order valence-electron chi connectivity index (χ0n) is 8.94. The van der Waals surface area contributed by atoms with Crippen molar-refractivity contribution in [2.75, 3.05) is 7.11 Å².